The van der Waals surface area contributed by atoms with Crippen LogP contribution in [-0.4, -0.2) is 37.4 Å². The predicted octanol–water partition coefficient (Wildman–Crippen LogP) is 4.28. The van der Waals surface area contributed by atoms with E-state index in [2.05, 4.69) is 48.6 Å². The maximum Gasteiger partial charge on any atom is 0.221 e. The van der Waals surface area contributed by atoms with Gasteiger partial charge >= 0.3 is 0 Å². The van der Waals surface area contributed by atoms with Crippen molar-refractivity contribution in [2.75, 3.05) is 26.0 Å². The number of hydrogen-bond donors (Lipinski definition) is 2. The zero-order valence-electron chi connectivity index (χ0n) is 15.8. The molecule has 0 aliphatic carbocycles. The van der Waals surface area contributed by atoms with E-state index in [1.807, 2.05) is 43.4 Å². The van der Waals surface area contributed by atoms with Crippen LogP contribution in [0.5, 0.6) is 0 Å². The number of nitrogens with one attached hydrogen (secondary N) is 2. The van der Waals surface area contributed by atoms with Gasteiger partial charge in [0.05, 0.1) is 0 Å². The topological polar surface area (TPSA) is 56.7 Å². The number of halogens is 2. The summed E-state index contributed by atoms with van der Waals surface area (Å²) >= 11 is 3.46. The molecule has 0 heterocycles. The van der Waals surface area contributed by atoms with Crippen molar-refractivity contribution in [2.45, 2.75) is 19.9 Å². The molecular weight excluding hydrogens is 519 g/mol. The van der Waals surface area contributed by atoms with Gasteiger partial charge in [-0.25, -0.2) is 0 Å². The van der Waals surface area contributed by atoms with Crippen LogP contribution in [0.25, 0.3) is 0 Å². The van der Waals surface area contributed by atoms with Crippen molar-refractivity contribution in [3.8, 4) is 0 Å². The Morgan fingerprint density at radius 3 is 2.22 bits per heavy atom. The molecule has 0 fully saturated rings. The third kappa shape index (κ3) is 8.30. The van der Waals surface area contributed by atoms with Gasteiger partial charge in [0.2, 0.25) is 5.91 Å². The second-order valence-electron chi connectivity index (χ2n) is 6.08. The van der Waals surface area contributed by atoms with Gasteiger partial charge in [-0.1, -0.05) is 40.2 Å². The number of anilines is 1. The molecule has 2 N–H and O–H groups in total. The van der Waals surface area contributed by atoms with Crippen molar-refractivity contribution in [1.82, 2.24) is 10.2 Å². The van der Waals surface area contributed by atoms with Gasteiger partial charge in [-0.3, -0.25) is 9.79 Å². The molecule has 2 rings (SSSR count). The second kappa shape index (κ2) is 12.0. The zero-order valence-corrected chi connectivity index (χ0v) is 19.7. The molecule has 1 amide bonds. The number of hydrogen-bond acceptors (Lipinski definition) is 2. The standard InChI is InChI=1S/C20H25BrN4O.HI/c1-15(26)24-19-10-6-16(7-11-19)12-13-23-20(22-2)25(3)14-17-4-8-18(21)9-5-17;/h4-11H,12-14H2,1-3H3,(H,22,23)(H,24,26);1H. The van der Waals surface area contributed by atoms with Crippen molar-refractivity contribution >= 4 is 57.5 Å². The summed E-state index contributed by atoms with van der Waals surface area (Å²) in [5.41, 5.74) is 3.25. The Kier molecular flexibility index (Phi) is 10.4. The lowest BCUT2D eigenvalue weighted by atomic mass is 10.1. The molecule has 0 aliphatic heterocycles. The predicted molar refractivity (Wildman–Crippen MR) is 127 cm³/mol. The van der Waals surface area contributed by atoms with E-state index in [0.29, 0.717) is 0 Å². The molecule has 2 aromatic rings. The van der Waals surface area contributed by atoms with Crippen LogP contribution in [0.15, 0.2) is 58.0 Å². The number of aliphatic imine (C=N–C) groups is 1. The summed E-state index contributed by atoms with van der Waals surface area (Å²) in [4.78, 5) is 17.5. The molecule has 0 saturated carbocycles. The summed E-state index contributed by atoms with van der Waals surface area (Å²) in [5.74, 6) is 0.805. The third-order valence-corrected chi connectivity index (χ3v) is 4.41. The molecular formula is C20H26BrIN4O. The first kappa shape index (κ1) is 23.4. The maximum atomic E-state index is 11.0. The Morgan fingerprint density at radius 2 is 1.67 bits per heavy atom. The molecule has 0 aliphatic rings. The molecule has 0 unspecified atom stereocenters. The van der Waals surface area contributed by atoms with Crippen LogP contribution in [0.4, 0.5) is 5.69 Å². The molecule has 0 radical (unpaired) electrons. The monoisotopic (exact) mass is 544 g/mol. The maximum absolute atomic E-state index is 11.0. The van der Waals surface area contributed by atoms with E-state index in [4.69, 9.17) is 0 Å². The van der Waals surface area contributed by atoms with Crippen molar-refractivity contribution in [3.63, 3.8) is 0 Å². The lowest BCUT2D eigenvalue weighted by Crippen LogP contribution is -2.39. The van der Waals surface area contributed by atoms with Gasteiger partial charge in [-0.15, -0.1) is 24.0 Å². The van der Waals surface area contributed by atoms with Crippen LogP contribution in [-0.2, 0) is 17.8 Å². The summed E-state index contributed by atoms with van der Waals surface area (Å²) in [6, 6.07) is 16.2. The summed E-state index contributed by atoms with van der Waals surface area (Å²) < 4.78 is 1.08. The zero-order chi connectivity index (χ0) is 18.9. The molecule has 7 heteroatoms. The molecule has 0 spiro atoms. The minimum absolute atomic E-state index is 0. The average molecular weight is 545 g/mol. The Bertz CT molecular complexity index is 748. The molecule has 146 valence electrons. The van der Waals surface area contributed by atoms with Crippen molar-refractivity contribution < 1.29 is 4.79 Å². The van der Waals surface area contributed by atoms with Gasteiger partial charge in [0.15, 0.2) is 5.96 Å². The second-order valence-corrected chi connectivity index (χ2v) is 7.00. The summed E-state index contributed by atoms with van der Waals surface area (Å²) in [6.45, 7) is 3.09. The van der Waals surface area contributed by atoms with Gasteiger partial charge in [-0.2, -0.15) is 0 Å². The highest BCUT2D eigenvalue weighted by Gasteiger charge is 2.06. The third-order valence-electron chi connectivity index (χ3n) is 3.88. The van der Waals surface area contributed by atoms with Crippen LogP contribution in [0.1, 0.15) is 18.1 Å². The molecule has 27 heavy (non-hydrogen) atoms. The van der Waals surface area contributed by atoms with Gasteiger partial charge in [0.1, 0.15) is 0 Å². The first-order chi connectivity index (χ1) is 12.5. The Hall–Kier alpha value is -1.61. The van der Waals surface area contributed by atoms with Crippen molar-refractivity contribution in [3.05, 3.63) is 64.1 Å². The Labute approximate surface area is 186 Å². The highest BCUT2D eigenvalue weighted by Crippen LogP contribution is 2.12. The summed E-state index contributed by atoms with van der Waals surface area (Å²) in [7, 11) is 3.82. The highest BCUT2D eigenvalue weighted by molar-refractivity contribution is 14.0. The van der Waals surface area contributed by atoms with Gasteiger partial charge in [-0.05, 0) is 41.8 Å². The summed E-state index contributed by atoms with van der Waals surface area (Å²) in [6.07, 6.45) is 0.880. The van der Waals surface area contributed by atoms with Gasteiger partial charge in [0.25, 0.3) is 0 Å². The lowest BCUT2D eigenvalue weighted by Gasteiger charge is -2.22. The van der Waals surface area contributed by atoms with Crippen molar-refractivity contribution in [1.29, 1.82) is 0 Å². The minimum Gasteiger partial charge on any atom is -0.356 e. The molecule has 0 atom stereocenters. The van der Waals surface area contributed by atoms with E-state index in [9.17, 15) is 4.79 Å². The molecule has 0 bridgehead atoms. The number of carbonyl (C=O) groups excluding carboxylic acids is 1. The first-order valence-corrected chi connectivity index (χ1v) is 9.30. The number of nitrogens with zero attached hydrogens (tertiary/aromatic N) is 2. The molecule has 0 aromatic heterocycles. The van der Waals surface area contributed by atoms with Crippen LogP contribution in [0, 0.1) is 0 Å². The number of amides is 1. The Morgan fingerprint density at radius 1 is 1.07 bits per heavy atom. The van der Waals surface area contributed by atoms with Crippen LogP contribution >= 0.6 is 39.9 Å². The van der Waals surface area contributed by atoms with E-state index in [-0.39, 0.29) is 29.9 Å². The number of guanidine groups is 1. The number of carbonyl (C=O) groups is 1. The minimum atomic E-state index is -0.0583. The largest absolute Gasteiger partial charge is 0.356 e. The van der Waals surface area contributed by atoms with Crippen LogP contribution in [0.2, 0.25) is 0 Å². The fraction of sp³-hybridized carbons (Fsp3) is 0.300. The van der Waals surface area contributed by atoms with E-state index >= 15 is 0 Å². The quantitative estimate of drug-likeness (QED) is 0.324. The first-order valence-electron chi connectivity index (χ1n) is 8.50. The van der Waals surface area contributed by atoms with E-state index in [0.717, 1.165) is 35.6 Å². The van der Waals surface area contributed by atoms with E-state index in [1.54, 1.807) is 7.05 Å². The normalized spacial score (nSPS) is 10.7. The Balaban J connectivity index is 0.00000364. The van der Waals surface area contributed by atoms with Gasteiger partial charge < -0.3 is 15.5 Å². The smallest absolute Gasteiger partial charge is 0.221 e. The molecule has 5 nitrogen and oxygen atoms in total. The van der Waals surface area contributed by atoms with Gasteiger partial charge in [0, 0.05) is 44.3 Å². The van der Waals surface area contributed by atoms with E-state index < -0.39 is 0 Å². The highest BCUT2D eigenvalue weighted by atomic mass is 127. The van der Waals surface area contributed by atoms with Crippen LogP contribution < -0.4 is 10.6 Å². The lowest BCUT2D eigenvalue weighted by molar-refractivity contribution is -0.114. The van der Waals surface area contributed by atoms with Crippen molar-refractivity contribution in [2.24, 2.45) is 4.99 Å². The SMILES string of the molecule is CN=C(NCCc1ccc(NC(C)=O)cc1)N(C)Cc1ccc(Br)cc1.I. The fourth-order valence-corrected chi connectivity index (χ4v) is 2.86. The van der Waals surface area contributed by atoms with E-state index in [1.165, 1.54) is 18.1 Å². The average Bonchev–Trinajstić information content (AvgIpc) is 2.61. The number of rotatable bonds is 6. The fourth-order valence-electron chi connectivity index (χ4n) is 2.60. The molecule has 0 saturated heterocycles. The molecule has 2 aromatic carbocycles. The number of benzene rings is 2. The van der Waals surface area contributed by atoms with Crippen LogP contribution in [0.3, 0.4) is 0 Å². The summed E-state index contributed by atoms with van der Waals surface area (Å²) in [5, 5.41) is 6.17.